The lowest BCUT2D eigenvalue weighted by Crippen LogP contribution is -1.87. The van der Waals surface area contributed by atoms with Gasteiger partial charge >= 0.3 is 0 Å². The summed E-state index contributed by atoms with van der Waals surface area (Å²) in [5.41, 5.74) is 6.80. The van der Waals surface area contributed by atoms with E-state index in [1.807, 2.05) is 30.3 Å². The topological polar surface area (TPSA) is 114 Å². The number of anilines is 1. The number of hydrogen-bond donors (Lipinski definition) is 2. The lowest BCUT2D eigenvalue weighted by molar-refractivity contribution is -0.384. The zero-order valence-corrected chi connectivity index (χ0v) is 11.9. The SMILES string of the molecule is Nc1ccc2ccccc2c1N=Nc1ccc([N+](=O)[O-])cc1O. The van der Waals surface area contributed by atoms with Crippen molar-refractivity contribution >= 4 is 33.5 Å². The van der Waals surface area contributed by atoms with Crippen molar-refractivity contribution < 1.29 is 10.0 Å². The van der Waals surface area contributed by atoms with E-state index in [0.717, 1.165) is 16.8 Å². The summed E-state index contributed by atoms with van der Waals surface area (Å²) in [4.78, 5) is 10.1. The Morgan fingerprint density at radius 3 is 2.57 bits per heavy atom. The van der Waals surface area contributed by atoms with Crippen LogP contribution in [0.5, 0.6) is 5.75 Å². The second kappa shape index (κ2) is 5.72. The van der Waals surface area contributed by atoms with Crippen molar-refractivity contribution in [1.82, 2.24) is 0 Å². The van der Waals surface area contributed by atoms with Crippen LogP contribution in [0.2, 0.25) is 0 Å². The molecular weight excluding hydrogens is 296 g/mol. The summed E-state index contributed by atoms with van der Waals surface area (Å²) < 4.78 is 0. The molecule has 0 aliphatic carbocycles. The molecule has 0 saturated heterocycles. The highest BCUT2D eigenvalue weighted by Crippen LogP contribution is 2.36. The molecule has 0 heterocycles. The minimum Gasteiger partial charge on any atom is -0.505 e. The molecule has 0 aliphatic heterocycles. The average Bonchev–Trinajstić information content (AvgIpc) is 2.55. The predicted molar refractivity (Wildman–Crippen MR) is 87.3 cm³/mol. The van der Waals surface area contributed by atoms with Crippen LogP contribution in [0.3, 0.4) is 0 Å². The van der Waals surface area contributed by atoms with E-state index in [1.165, 1.54) is 12.1 Å². The van der Waals surface area contributed by atoms with Gasteiger partial charge in [-0.3, -0.25) is 10.1 Å². The van der Waals surface area contributed by atoms with E-state index in [9.17, 15) is 15.2 Å². The standard InChI is InChI=1S/C16H12N4O3/c17-13-7-5-10-3-1-2-4-12(10)16(13)19-18-14-8-6-11(20(22)23)9-15(14)21/h1-9,21H,17H2. The molecule has 0 aliphatic rings. The van der Waals surface area contributed by atoms with E-state index in [1.54, 1.807) is 6.07 Å². The number of nitrogen functional groups attached to an aromatic ring is 1. The highest BCUT2D eigenvalue weighted by molar-refractivity contribution is 5.97. The summed E-state index contributed by atoms with van der Waals surface area (Å²) in [6.07, 6.45) is 0. The number of nitro benzene ring substituents is 1. The van der Waals surface area contributed by atoms with Gasteiger partial charge in [-0.05, 0) is 17.5 Å². The number of aromatic hydroxyl groups is 1. The molecule has 23 heavy (non-hydrogen) atoms. The Balaban J connectivity index is 2.04. The van der Waals surface area contributed by atoms with Crippen LogP contribution in [0.1, 0.15) is 0 Å². The molecule has 0 bridgehead atoms. The van der Waals surface area contributed by atoms with Gasteiger partial charge in [0.25, 0.3) is 5.69 Å². The average molecular weight is 308 g/mol. The van der Waals surface area contributed by atoms with Crippen LogP contribution in [-0.2, 0) is 0 Å². The van der Waals surface area contributed by atoms with E-state index < -0.39 is 4.92 Å². The highest BCUT2D eigenvalue weighted by atomic mass is 16.6. The first-order chi connectivity index (χ1) is 11.1. The second-order valence-corrected chi connectivity index (χ2v) is 4.85. The van der Waals surface area contributed by atoms with Crippen LogP contribution in [0.15, 0.2) is 64.8 Å². The van der Waals surface area contributed by atoms with Gasteiger partial charge in [-0.15, -0.1) is 10.2 Å². The van der Waals surface area contributed by atoms with Crippen LogP contribution in [0.4, 0.5) is 22.7 Å². The zero-order valence-electron chi connectivity index (χ0n) is 11.9. The quantitative estimate of drug-likeness (QED) is 0.322. The highest BCUT2D eigenvalue weighted by Gasteiger charge is 2.10. The fourth-order valence-electron chi connectivity index (χ4n) is 2.20. The van der Waals surface area contributed by atoms with Gasteiger partial charge in [0.1, 0.15) is 17.1 Å². The minimum absolute atomic E-state index is 0.128. The van der Waals surface area contributed by atoms with Crippen LogP contribution < -0.4 is 5.73 Å². The number of nitrogens with zero attached hydrogens (tertiary/aromatic N) is 3. The normalized spacial score (nSPS) is 11.1. The maximum atomic E-state index is 10.7. The molecular formula is C16H12N4O3. The molecule has 0 spiro atoms. The molecule has 0 radical (unpaired) electrons. The van der Waals surface area contributed by atoms with Crippen LogP contribution in [0, 0.1) is 10.1 Å². The van der Waals surface area contributed by atoms with Gasteiger partial charge in [0.05, 0.1) is 16.7 Å². The molecule has 7 heteroatoms. The number of phenolic OH excluding ortho intramolecular Hbond substituents is 1. The number of non-ortho nitro benzene ring substituents is 1. The third-order valence-electron chi connectivity index (χ3n) is 3.36. The molecule has 7 nitrogen and oxygen atoms in total. The number of benzene rings is 3. The van der Waals surface area contributed by atoms with E-state index in [4.69, 9.17) is 5.73 Å². The molecule has 3 N–H and O–H groups in total. The first kappa shape index (κ1) is 14.5. The van der Waals surface area contributed by atoms with Crippen molar-refractivity contribution in [2.24, 2.45) is 10.2 Å². The number of phenols is 1. The third-order valence-corrected chi connectivity index (χ3v) is 3.36. The Hall–Kier alpha value is -3.48. The van der Waals surface area contributed by atoms with Gasteiger partial charge in [0.15, 0.2) is 0 Å². The zero-order chi connectivity index (χ0) is 16.4. The van der Waals surface area contributed by atoms with Gasteiger partial charge in [-0.25, -0.2) is 0 Å². The van der Waals surface area contributed by atoms with Crippen LogP contribution in [-0.4, -0.2) is 10.0 Å². The fraction of sp³-hybridized carbons (Fsp3) is 0. The third kappa shape index (κ3) is 2.80. The maximum absolute atomic E-state index is 10.7. The fourth-order valence-corrected chi connectivity index (χ4v) is 2.20. The summed E-state index contributed by atoms with van der Waals surface area (Å²) in [7, 11) is 0. The molecule has 0 amide bonds. The maximum Gasteiger partial charge on any atom is 0.273 e. The van der Waals surface area contributed by atoms with Gasteiger partial charge in [-0.2, -0.15) is 0 Å². The molecule has 0 fully saturated rings. The van der Waals surface area contributed by atoms with E-state index in [2.05, 4.69) is 10.2 Å². The van der Waals surface area contributed by atoms with Crippen molar-refractivity contribution in [3.8, 4) is 5.75 Å². The predicted octanol–water partition coefficient (Wildman–Crippen LogP) is 4.45. The summed E-state index contributed by atoms with van der Waals surface area (Å²) in [6, 6.07) is 14.8. The Morgan fingerprint density at radius 1 is 1.04 bits per heavy atom. The van der Waals surface area contributed by atoms with E-state index in [-0.39, 0.29) is 17.1 Å². The van der Waals surface area contributed by atoms with Crippen molar-refractivity contribution in [2.75, 3.05) is 5.73 Å². The van der Waals surface area contributed by atoms with Crippen molar-refractivity contribution in [3.63, 3.8) is 0 Å². The smallest absolute Gasteiger partial charge is 0.273 e. The first-order valence-corrected chi connectivity index (χ1v) is 6.72. The van der Waals surface area contributed by atoms with Gasteiger partial charge in [0, 0.05) is 11.5 Å². The molecule has 0 unspecified atom stereocenters. The Bertz CT molecular complexity index is 938. The Labute approximate surface area is 130 Å². The summed E-state index contributed by atoms with van der Waals surface area (Å²) in [6.45, 7) is 0. The lowest BCUT2D eigenvalue weighted by Gasteiger charge is -2.04. The lowest BCUT2D eigenvalue weighted by atomic mass is 10.1. The number of hydrogen-bond acceptors (Lipinski definition) is 6. The molecule has 0 atom stereocenters. The Morgan fingerprint density at radius 2 is 1.83 bits per heavy atom. The summed E-state index contributed by atoms with van der Waals surface area (Å²) in [5, 5.41) is 30.3. The van der Waals surface area contributed by atoms with Gasteiger partial charge in [0.2, 0.25) is 0 Å². The Kier molecular flexibility index (Phi) is 3.60. The van der Waals surface area contributed by atoms with Crippen molar-refractivity contribution in [2.45, 2.75) is 0 Å². The van der Waals surface area contributed by atoms with Crippen LogP contribution >= 0.6 is 0 Å². The van der Waals surface area contributed by atoms with Crippen LogP contribution in [0.25, 0.3) is 10.8 Å². The van der Waals surface area contributed by atoms with E-state index in [0.29, 0.717) is 11.4 Å². The van der Waals surface area contributed by atoms with Gasteiger partial charge < -0.3 is 10.8 Å². The molecule has 3 aromatic carbocycles. The van der Waals surface area contributed by atoms with Crippen molar-refractivity contribution in [1.29, 1.82) is 0 Å². The summed E-state index contributed by atoms with van der Waals surface area (Å²) in [5.74, 6) is -0.318. The number of azo groups is 1. The molecule has 0 saturated carbocycles. The first-order valence-electron chi connectivity index (χ1n) is 6.72. The van der Waals surface area contributed by atoms with Crippen molar-refractivity contribution in [3.05, 3.63) is 64.7 Å². The molecule has 3 rings (SSSR count). The largest absolute Gasteiger partial charge is 0.505 e. The van der Waals surface area contributed by atoms with Gasteiger partial charge in [-0.1, -0.05) is 30.3 Å². The molecule has 0 aromatic heterocycles. The molecule has 114 valence electrons. The number of nitro groups is 1. The molecule has 3 aromatic rings. The number of fused-ring (bicyclic) bond motifs is 1. The summed E-state index contributed by atoms with van der Waals surface area (Å²) >= 11 is 0. The van der Waals surface area contributed by atoms with E-state index >= 15 is 0 Å². The monoisotopic (exact) mass is 308 g/mol. The minimum atomic E-state index is -0.594. The number of rotatable bonds is 3. The number of nitrogens with two attached hydrogens (primary N) is 1. The second-order valence-electron chi connectivity index (χ2n) is 4.85.